The molecule has 0 unspecified atom stereocenters. The lowest BCUT2D eigenvalue weighted by atomic mass is 9.83. The van der Waals surface area contributed by atoms with Gasteiger partial charge in [0.25, 0.3) is 0 Å². The summed E-state index contributed by atoms with van der Waals surface area (Å²) in [7, 11) is 3.29. The van der Waals surface area contributed by atoms with Crippen LogP contribution in [-0.2, 0) is 5.41 Å². The average molecular weight is 387 g/mol. The zero-order valence-electron chi connectivity index (χ0n) is 17.4. The first kappa shape index (κ1) is 20.2. The van der Waals surface area contributed by atoms with Gasteiger partial charge in [-0.05, 0) is 53.3 Å². The van der Waals surface area contributed by atoms with Crippen LogP contribution in [0.1, 0.15) is 37.6 Å². The van der Waals surface area contributed by atoms with E-state index < -0.39 is 0 Å². The van der Waals surface area contributed by atoms with Crippen LogP contribution in [0.5, 0.6) is 11.6 Å². The number of methoxy groups -OCH3 is 2. The molecule has 5 nitrogen and oxygen atoms in total. The molecule has 1 aromatic carbocycles. The van der Waals surface area contributed by atoms with E-state index in [-0.39, 0.29) is 5.41 Å². The van der Waals surface area contributed by atoms with Gasteiger partial charge in [0.05, 0.1) is 31.7 Å². The predicted molar refractivity (Wildman–Crippen MR) is 116 cm³/mol. The lowest BCUT2D eigenvalue weighted by Gasteiger charge is -2.24. The highest BCUT2D eigenvalue weighted by Crippen LogP contribution is 2.39. The number of nitrogen functional groups attached to an aromatic ring is 1. The highest BCUT2D eigenvalue weighted by atomic mass is 16.5. The second-order valence-electron chi connectivity index (χ2n) is 7.64. The highest BCUT2D eigenvalue weighted by Gasteiger charge is 2.23. The maximum absolute atomic E-state index is 5.77. The molecule has 0 saturated heterocycles. The minimum Gasteiger partial charge on any atom is -0.495 e. The molecular formula is C24H25N3O2. The molecule has 0 aliphatic carbocycles. The zero-order valence-corrected chi connectivity index (χ0v) is 17.4. The summed E-state index contributed by atoms with van der Waals surface area (Å²) >= 11 is 0. The van der Waals surface area contributed by atoms with E-state index in [1.165, 1.54) is 0 Å². The van der Waals surface area contributed by atoms with Crippen molar-refractivity contribution in [2.75, 3.05) is 20.0 Å². The highest BCUT2D eigenvalue weighted by molar-refractivity contribution is 5.74. The van der Waals surface area contributed by atoms with Crippen molar-refractivity contribution in [1.29, 1.82) is 0 Å². The van der Waals surface area contributed by atoms with Gasteiger partial charge in [0.2, 0.25) is 5.88 Å². The van der Waals surface area contributed by atoms with Crippen molar-refractivity contribution >= 4 is 5.69 Å². The van der Waals surface area contributed by atoms with Crippen LogP contribution in [0.3, 0.4) is 0 Å². The molecule has 0 amide bonds. The third-order valence-corrected chi connectivity index (χ3v) is 4.49. The Kier molecular flexibility index (Phi) is 5.74. The first-order chi connectivity index (χ1) is 13.8. The molecule has 0 radical (unpaired) electrons. The molecule has 2 heterocycles. The van der Waals surface area contributed by atoms with Crippen LogP contribution in [0.2, 0.25) is 0 Å². The standard InChI is InChI=1S/C24H25N3O2/c1-24(2,3)21-14-17(20-7-6-12-26-23(20)29-5)13-16(22(21)28-4)8-10-19-11-9-18(25)15-27-19/h6-7,9,11-15H,25H2,1-5H3. The third kappa shape index (κ3) is 4.49. The maximum atomic E-state index is 5.77. The van der Waals surface area contributed by atoms with Gasteiger partial charge in [0.15, 0.2) is 0 Å². The second kappa shape index (κ2) is 8.24. The topological polar surface area (TPSA) is 70.3 Å². The van der Waals surface area contributed by atoms with E-state index in [4.69, 9.17) is 15.2 Å². The lowest BCUT2D eigenvalue weighted by molar-refractivity contribution is 0.395. The molecule has 2 aromatic heterocycles. The zero-order chi connectivity index (χ0) is 21.0. The molecule has 2 N–H and O–H groups in total. The molecule has 0 saturated carbocycles. The van der Waals surface area contributed by atoms with Gasteiger partial charge in [0, 0.05) is 17.3 Å². The summed E-state index contributed by atoms with van der Waals surface area (Å²) in [6, 6.07) is 11.6. The molecule has 0 fully saturated rings. The fraction of sp³-hybridized carbons (Fsp3) is 0.250. The van der Waals surface area contributed by atoms with Crippen LogP contribution in [-0.4, -0.2) is 24.2 Å². The quantitative estimate of drug-likeness (QED) is 0.673. The van der Waals surface area contributed by atoms with Crippen molar-refractivity contribution in [3.63, 3.8) is 0 Å². The fourth-order valence-electron chi connectivity index (χ4n) is 3.04. The second-order valence-corrected chi connectivity index (χ2v) is 7.64. The average Bonchev–Trinajstić information content (AvgIpc) is 2.72. The van der Waals surface area contributed by atoms with Gasteiger partial charge in [-0.2, -0.15) is 0 Å². The SMILES string of the molecule is COc1ncccc1-c1cc(C#Cc2ccc(N)cn2)c(OC)c(C(C)(C)C)c1. The van der Waals surface area contributed by atoms with Crippen LogP contribution in [0.15, 0.2) is 48.8 Å². The van der Waals surface area contributed by atoms with E-state index in [1.54, 1.807) is 38.7 Å². The van der Waals surface area contributed by atoms with Crippen molar-refractivity contribution in [1.82, 2.24) is 9.97 Å². The summed E-state index contributed by atoms with van der Waals surface area (Å²) in [4.78, 5) is 8.59. The molecule has 0 bridgehead atoms. The molecule has 29 heavy (non-hydrogen) atoms. The van der Waals surface area contributed by atoms with Gasteiger partial charge in [-0.1, -0.05) is 26.7 Å². The van der Waals surface area contributed by atoms with Gasteiger partial charge < -0.3 is 15.2 Å². The number of benzene rings is 1. The normalized spacial score (nSPS) is 10.8. The molecule has 3 aromatic rings. The minimum atomic E-state index is -0.146. The lowest BCUT2D eigenvalue weighted by Crippen LogP contribution is -2.14. The Morgan fingerprint density at radius 3 is 2.38 bits per heavy atom. The first-order valence-electron chi connectivity index (χ1n) is 9.29. The molecule has 0 atom stereocenters. The van der Waals surface area contributed by atoms with E-state index in [0.717, 1.165) is 28.0 Å². The molecule has 148 valence electrons. The number of rotatable bonds is 3. The Morgan fingerprint density at radius 1 is 0.966 bits per heavy atom. The first-order valence-corrected chi connectivity index (χ1v) is 9.29. The van der Waals surface area contributed by atoms with Crippen LogP contribution >= 0.6 is 0 Å². The predicted octanol–water partition coefficient (Wildman–Crippen LogP) is 4.44. The summed E-state index contributed by atoms with van der Waals surface area (Å²) in [5.41, 5.74) is 10.5. The van der Waals surface area contributed by atoms with Crippen molar-refractivity contribution in [2.45, 2.75) is 26.2 Å². The minimum absolute atomic E-state index is 0.146. The summed E-state index contributed by atoms with van der Waals surface area (Å²) in [6.45, 7) is 6.44. The van der Waals surface area contributed by atoms with Crippen molar-refractivity contribution < 1.29 is 9.47 Å². The molecular weight excluding hydrogens is 362 g/mol. The van der Waals surface area contributed by atoms with Gasteiger partial charge in [-0.3, -0.25) is 0 Å². The van der Waals surface area contributed by atoms with Gasteiger partial charge in [-0.25, -0.2) is 9.97 Å². The Balaban J connectivity index is 2.22. The Bertz CT molecular complexity index is 1070. The summed E-state index contributed by atoms with van der Waals surface area (Å²) in [6.07, 6.45) is 3.31. The van der Waals surface area contributed by atoms with Crippen LogP contribution in [0, 0.1) is 11.8 Å². The Hall–Kier alpha value is -3.52. The van der Waals surface area contributed by atoms with E-state index in [0.29, 0.717) is 17.3 Å². The Morgan fingerprint density at radius 2 is 1.76 bits per heavy atom. The van der Waals surface area contributed by atoms with Crippen LogP contribution in [0.25, 0.3) is 11.1 Å². The van der Waals surface area contributed by atoms with Crippen molar-refractivity contribution in [3.05, 3.63) is 65.6 Å². The molecule has 0 aliphatic heterocycles. The van der Waals surface area contributed by atoms with E-state index in [1.807, 2.05) is 18.2 Å². The summed E-state index contributed by atoms with van der Waals surface area (Å²) < 4.78 is 11.2. The summed E-state index contributed by atoms with van der Waals surface area (Å²) in [5, 5.41) is 0. The van der Waals surface area contributed by atoms with Crippen LogP contribution < -0.4 is 15.2 Å². The smallest absolute Gasteiger partial charge is 0.221 e. The molecule has 5 heteroatoms. The number of nitrogens with two attached hydrogens (primary N) is 1. The number of hydrogen-bond donors (Lipinski definition) is 1. The van der Waals surface area contributed by atoms with Gasteiger partial charge in [-0.15, -0.1) is 0 Å². The number of nitrogens with zero attached hydrogens (tertiary/aromatic N) is 2. The molecule has 0 spiro atoms. The van der Waals surface area contributed by atoms with Crippen LogP contribution in [0.4, 0.5) is 5.69 Å². The maximum Gasteiger partial charge on any atom is 0.221 e. The monoisotopic (exact) mass is 387 g/mol. The molecule has 3 rings (SSSR count). The fourth-order valence-corrected chi connectivity index (χ4v) is 3.04. The molecule has 0 aliphatic rings. The number of ether oxygens (including phenoxy) is 2. The summed E-state index contributed by atoms with van der Waals surface area (Å²) in [5.74, 6) is 7.65. The van der Waals surface area contributed by atoms with Gasteiger partial charge >= 0.3 is 0 Å². The Labute approximate surface area is 171 Å². The number of hydrogen-bond acceptors (Lipinski definition) is 5. The van der Waals surface area contributed by atoms with Crippen molar-refractivity contribution in [3.8, 4) is 34.6 Å². The third-order valence-electron chi connectivity index (χ3n) is 4.49. The van der Waals surface area contributed by atoms with E-state index in [2.05, 4.69) is 48.6 Å². The van der Waals surface area contributed by atoms with E-state index in [9.17, 15) is 0 Å². The van der Waals surface area contributed by atoms with E-state index >= 15 is 0 Å². The number of pyridine rings is 2. The van der Waals surface area contributed by atoms with Crippen molar-refractivity contribution in [2.24, 2.45) is 0 Å². The number of aromatic nitrogens is 2. The van der Waals surface area contributed by atoms with Gasteiger partial charge in [0.1, 0.15) is 11.4 Å². The number of anilines is 1. The largest absolute Gasteiger partial charge is 0.495 e.